The molecule has 0 aromatic carbocycles. The topological polar surface area (TPSA) is 81.7 Å². The fourth-order valence-electron chi connectivity index (χ4n) is 2.98. The Kier molecular flexibility index (Phi) is 5.37. The van der Waals surface area contributed by atoms with Gasteiger partial charge in [0, 0.05) is 38.5 Å². The van der Waals surface area contributed by atoms with E-state index < -0.39 is 6.10 Å². The van der Waals surface area contributed by atoms with Crippen LogP contribution in [-0.2, 0) is 9.59 Å². The minimum absolute atomic E-state index is 0.0485. The standard InChI is InChI=1S/C14H25N3O3/c1-2-13(19)17-6-4-3-5-11(17)14(20)16-8-10-7-15-9-12(10)18/h10-12,15,18H,2-9H2,1H3,(H,16,20). The van der Waals surface area contributed by atoms with E-state index in [9.17, 15) is 14.7 Å². The van der Waals surface area contributed by atoms with Gasteiger partial charge in [0.25, 0.3) is 0 Å². The fourth-order valence-corrected chi connectivity index (χ4v) is 2.98. The third kappa shape index (κ3) is 3.49. The number of hydrogen-bond donors (Lipinski definition) is 3. The Labute approximate surface area is 119 Å². The Bertz CT molecular complexity index is 362. The maximum Gasteiger partial charge on any atom is 0.242 e. The molecule has 3 N–H and O–H groups in total. The van der Waals surface area contributed by atoms with E-state index in [-0.39, 0.29) is 23.8 Å². The number of hydrogen-bond acceptors (Lipinski definition) is 4. The number of nitrogens with zero attached hydrogens (tertiary/aromatic N) is 1. The first-order valence-electron chi connectivity index (χ1n) is 7.59. The van der Waals surface area contributed by atoms with Gasteiger partial charge in [-0.2, -0.15) is 0 Å². The van der Waals surface area contributed by atoms with Crippen LogP contribution in [0, 0.1) is 5.92 Å². The molecular formula is C14H25N3O3. The van der Waals surface area contributed by atoms with Gasteiger partial charge in [0.05, 0.1) is 6.10 Å². The van der Waals surface area contributed by atoms with Crippen molar-refractivity contribution in [3.05, 3.63) is 0 Å². The van der Waals surface area contributed by atoms with Gasteiger partial charge in [-0.1, -0.05) is 6.92 Å². The molecule has 0 aromatic rings. The van der Waals surface area contributed by atoms with E-state index in [1.54, 1.807) is 4.90 Å². The summed E-state index contributed by atoms with van der Waals surface area (Å²) in [6.45, 7) is 4.29. The lowest BCUT2D eigenvalue weighted by Gasteiger charge is -2.34. The Morgan fingerprint density at radius 3 is 2.80 bits per heavy atom. The number of carbonyl (C=O) groups is 2. The fraction of sp³-hybridized carbons (Fsp3) is 0.857. The summed E-state index contributed by atoms with van der Waals surface area (Å²) in [6, 6.07) is -0.331. The monoisotopic (exact) mass is 283 g/mol. The van der Waals surface area contributed by atoms with Crippen molar-refractivity contribution in [2.24, 2.45) is 5.92 Å². The second kappa shape index (κ2) is 7.04. The third-order valence-corrected chi connectivity index (χ3v) is 4.27. The van der Waals surface area contributed by atoms with Crippen LogP contribution in [0.4, 0.5) is 0 Å². The average Bonchev–Trinajstić information content (AvgIpc) is 2.89. The molecule has 6 heteroatoms. The summed E-state index contributed by atoms with van der Waals surface area (Å²) in [5.41, 5.74) is 0. The highest BCUT2D eigenvalue weighted by Gasteiger charge is 2.32. The van der Waals surface area contributed by atoms with E-state index in [2.05, 4.69) is 10.6 Å². The van der Waals surface area contributed by atoms with Gasteiger partial charge in [0.1, 0.15) is 6.04 Å². The summed E-state index contributed by atoms with van der Waals surface area (Å²) in [5.74, 6) is 0.0379. The van der Waals surface area contributed by atoms with Gasteiger partial charge in [-0.3, -0.25) is 9.59 Å². The first kappa shape index (κ1) is 15.3. The number of piperidine rings is 1. The van der Waals surface area contributed by atoms with Gasteiger partial charge in [-0.25, -0.2) is 0 Å². The first-order valence-corrected chi connectivity index (χ1v) is 7.59. The molecule has 0 saturated carbocycles. The van der Waals surface area contributed by atoms with Crippen LogP contribution in [0.25, 0.3) is 0 Å². The van der Waals surface area contributed by atoms with Gasteiger partial charge >= 0.3 is 0 Å². The van der Waals surface area contributed by atoms with Crippen molar-refractivity contribution in [2.45, 2.75) is 44.8 Å². The zero-order valence-corrected chi connectivity index (χ0v) is 12.1. The van der Waals surface area contributed by atoms with Gasteiger partial charge < -0.3 is 20.6 Å². The van der Waals surface area contributed by atoms with Crippen molar-refractivity contribution >= 4 is 11.8 Å². The minimum Gasteiger partial charge on any atom is -0.391 e. The van der Waals surface area contributed by atoms with E-state index in [0.717, 1.165) is 25.8 Å². The normalized spacial score (nSPS) is 30.3. The summed E-state index contributed by atoms with van der Waals surface area (Å²) in [7, 11) is 0. The highest BCUT2D eigenvalue weighted by molar-refractivity contribution is 5.87. The van der Waals surface area contributed by atoms with Crippen LogP contribution < -0.4 is 10.6 Å². The Morgan fingerprint density at radius 2 is 2.15 bits per heavy atom. The minimum atomic E-state index is -0.393. The third-order valence-electron chi connectivity index (χ3n) is 4.27. The lowest BCUT2D eigenvalue weighted by atomic mass is 10.00. The highest BCUT2D eigenvalue weighted by Crippen LogP contribution is 2.18. The van der Waals surface area contributed by atoms with Crippen molar-refractivity contribution in [3.8, 4) is 0 Å². The number of aliphatic hydroxyl groups is 1. The van der Waals surface area contributed by atoms with Gasteiger partial charge in [0.2, 0.25) is 11.8 Å². The molecule has 114 valence electrons. The smallest absolute Gasteiger partial charge is 0.242 e. The van der Waals surface area contributed by atoms with Crippen LogP contribution in [0.15, 0.2) is 0 Å². The number of likely N-dealkylation sites (tertiary alicyclic amines) is 1. The Balaban J connectivity index is 1.87. The summed E-state index contributed by atoms with van der Waals surface area (Å²) in [5, 5.41) is 15.7. The van der Waals surface area contributed by atoms with Crippen LogP contribution in [0.2, 0.25) is 0 Å². The molecule has 2 aliphatic rings. The number of carbonyl (C=O) groups excluding carboxylic acids is 2. The summed E-state index contributed by atoms with van der Waals surface area (Å²) >= 11 is 0. The van der Waals surface area contributed by atoms with E-state index >= 15 is 0 Å². The molecule has 3 atom stereocenters. The van der Waals surface area contributed by atoms with E-state index in [1.807, 2.05) is 6.92 Å². The molecule has 6 nitrogen and oxygen atoms in total. The molecule has 2 aliphatic heterocycles. The quantitative estimate of drug-likeness (QED) is 0.648. The van der Waals surface area contributed by atoms with Crippen LogP contribution >= 0.6 is 0 Å². The number of aliphatic hydroxyl groups excluding tert-OH is 1. The molecule has 0 aromatic heterocycles. The molecule has 2 fully saturated rings. The van der Waals surface area contributed by atoms with Crippen molar-refractivity contribution in [3.63, 3.8) is 0 Å². The first-order chi connectivity index (χ1) is 9.63. The Morgan fingerprint density at radius 1 is 1.35 bits per heavy atom. The lowest BCUT2D eigenvalue weighted by molar-refractivity contribution is -0.142. The van der Waals surface area contributed by atoms with Crippen LogP contribution in [0.5, 0.6) is 0 Å². The lowest BCUT2D eigenvalue weighted by Crippen LogP contribution is -2.52. The number of nitrogens with one attached hydrogen (secondary N) is 2. The molecule has 2 heterocycles. The highest BCUT2D eigenvalue weighted by atomic mass is 16.3. The van der Waals surface area contributed by atoms with E-state index in [1.165, 1.54) is 0 Å². The second-order valence-corrected chi connectivity index (χ2v) is 5.68. The molecule has 0 spiro atoms. The molecule has 2 saturated heterocycles. The van der Waals surface area contributed by atoms with E-state index in [0.29, 0.717) is 26.1 Å². The average molecular weight is 283 g/mol. The van der Waals surface area contributed by atoms with Crippen LogP contribution in [0.3, 0.4) is 0 Å². The SMILES string of the molecule is CCC(=O)N1CCCCC1C(=O)NCC1CNCC1O. The Hall–Kier alpha value is -1.14. The summed E-state index contributed by atoms with van der Waals surface area (Å²) in [6.07, 6.45) is 2.74. The maximum atomic E-state index is 12.3. The molecular weight excluding hydrogens is 258 g/mol. The van der Waals surface area contributed by atoms with Gasteiger partial charge in [0.15, 0.2) is 0 Å². The largest absolute Gasteiger partial charge is 0.391 e. The predicted octanol–water partition coefficient (Wildman–Crippen LogP) is -0.526. The molecule has 0 aliphatic carbocycles. The molecule has 0 bridgehead atoms. The molecule has 3 unspecified atom stereocenters. The molecule has 2 rings (SSSR count). The van der Waals surface area contributed by atoms with Crippen molar-refractivity contribution in [1.82, 2.24) is 15.5 Å². The maximum absolute atomic E-state index is 12.3. The van der Waals surface area contributed by atoms with Crippen LogP contribution in [0.1, 0.15) is 32.6 Å². The molecule has 0 radical (unpaired) electrons. The van der Waals surface area contributed by atoms with Crippen molar-refractivity contribution < 1.29 is 14.7 Å². The molecule has 2 amide bonds. The molecule has 20 heavy (non-hydrogen) atoms. The van der Waals surface area contributed by atoms with Crippen LogP contribution in [-0.4, -0.2) is 60.1 Å². The number of rotatable bonds is 4. The van der Waals surface area contributed by atoms with Crippen molar-refractivity contribution in [1.29, 1.82) is 0 Å². The van der Waals surface area contributed by atoms with Gasteiger partial charge in [-0.15, -0.1) is 0 Å². The number of β-amino-alcohol motifs (C(OH)–C–C–N with tert-alkyl or cyclic N) is 1. The van der Waals surface area contributed by atoms with Crippen molar-refractivity contribution in [2.75, 3.05) is 26.2 Å². The van der Waals surface area contributed by atoms with E-state index in [4.69, 9.17) is 0 Å². The second-order valence-electron chi connectivity index (χ2n) is 5.68. The summed E-state index contributed by atoms with van der Waals surface area (Å²) in [4.78, 5) is 25.9. The zero-order chi connectivity index (χ0) is 14.5. The van der Waals surface area contributed by atoms with Gasteiger partial charge in [-0.05, 0) is 19.3 Å². The number of amides is 2. The predicted molar refractivity (Wildman–Crippen MR) is 75.0 cm³/mol. The summed E-state index contributed by atoms with van der Waals surface area (Å²) < 4.78 is 0. The zero-order valence-electron chi connectivity index (χ0n) is 12.1.